The predicted octanol–water partition coefficient (Wildman–Crippen LogP) is 2.20. The molecule has 1 aliphatic heterocycles. The molecule has 2 aromatic rings. The number of nitrogens with zero attached hydrogens (tertiary/aromatic N) is 3. The zero-order valence-electron chi connectivity index (χ0n) is 11.4. The summed E-state index contributed by atoms with van der Waals surface area (Å²) < 4.78 is 5.64. The Kier molecular flexibility index (Phi) is 3.06. The molecule has 6 heteroatoms. The molecule has 1 fully saturated rings. The van der Waals surface area contributed by atoms with Crippen LogP contribution in [0.25, 0.3) is 10.2 Å². The van der Waals surface area contributed by atoms with E-state index in [4.69, 9.17) is 10.5 Å². The number of fused-ring (bicyclic) bond motifs is 1. The number of anilines is 2. The fourth-order valence-corrected chi connectivity index (χ4v) is 3.58. The Morgan fingerprint density at radius 3 is 2.95 bits per heavy atom. The van der Waals surface area contributed by atoms with Gasteiger partial charge in [-0.2, -0.15) is 4.98 Å². The molecule has 2 N–H and O–H groups in total. The highest BCUT2D eigenvalue weighted by atomic mass is 32.1. The third kappa shape index (κ3) is 2.15. The van der Waals surface area contributed by atoms with E-state index in [2.05, 4.69) is 41.8 Å². The summed E-state index contributed by atoms with van der Waals surface area (Å²) in [6.07, 6.45) is 1.24. The highest BCUT2D eigenvalue weighted by molar-refractivity contribution is 7.18. The van der Waals surface area contributed by atoms with Gasteiger partial charge in [-0.1, -0.05) is 0 Å². The minimum atomic E-state index is 0.218. The second-order valence-electron chi connectivity index (χ2n) is 5.02. The van der Waals surface area contributed by atoms with Crippen molar-refractivity contribution in [2.45, 2.75) is 32.4 Å². The molecule has 0 amide bonds. The second kappa shape index (κ2) is 4.61. The fraction of sp³-hybridized carbons (Fsp3) is 0.538. The quantitative estimate of drug-likeness (QED) is 0.912. The number of rotatable bonds is 2. The molecular weight excluding hydrogens is 260 g/mol. The summed E-state index contributed by atoms with van der Waals surface area (Å²) in [6, 6.07) is 2.48. The summed E-state index contributed by atoms with van der Waals surface area (Å²) in [5, 5.41) is 1.08. The number of nitrogen functional groups attached to an aromatic ring is 1. The molecule has 19 heavy (non-hydrogen) atoms. The van der Waals surface area contributed by atoms with E-state index in [1.165, 1.54) is 4.88 Å². The number of aryl methyl sites for hydroxylation is 1. The summed E-state index contributed by atoms with van der Waals surface area (Å²) >= 11 is 1.65. The molecule has 3 rings (SSSR count). The van der Waals surface area contributed by atoms with Crippen LogP contribution >= 0.6 is 11.3 Å². The van der Waals surface area contributed by atoms with Gasteiger partial charge in [0.15, 0.2) is 0 Å². The van der Waals surface area contributed by atoms with Gasteiger partial charge >= 0.3 is 0 Å². The molecule has 0 aliphatic carbocycles. The van der Waals surface area contributed by atoms with Crippen LogP contribution < -0.4 is 10.6 Å². The van der Waals surface area contributed by atoms with Gasteiger partial charge in [0.2, 0.25) is 5.95 Å². The van der Waals surface area contributed by atoms with Gasteiger partial charge in [-0.15, -0.1) is 11.3 Å². The first-order valence-corrected chi connectivity index (χ1v) is 7.26. The van der Waals surface area contributed by atoms with Crippen LogP contribution in [0.4, 0.5) is 11.8 Å². The summed E-state index contributed by atoms with van der Waals surface area (Å²) in [4.78, 5) is 13.1. The molecular formula is C13H18N4OS. The predicted molar refractivity (Wildman–Crippen MR) is 78.8 cm³/mol. The fourth-order valence-electron chi connectivity index (χ4n) is 2.70. The minimum Gasteiger partial charge on any atom is -0.376 e. The van der Waals surface area contributed by atoms with Crippen molar-refractivity contribution in [1.82, 2.24) is 9.97 Å². The molecule has 0 bridgehead atoms. The molecule has 102 valence electrons. The molecule has 1 saturated heterocycles. The Balaban J connectivity index is 2.08. The van der Waals surface area contributed by atoms with Gasteiger partial charge in [-0.3, -0.25) is 0 Å². The van der Waals surface area contributed by atoms with Crippen molar-refractivity contribution >= 4 is 33.3 Å². The standard InChI is InChI=1S/C13H18N4OS/c1-7-6-9-11(15-13(14)16-12(9)19-7)17(3)10-4-5-18-8(10)2/h6,8,10H,4-5H2,1-3H3,(H2,14,15,16). The maximum Gasteiger partial charge on any atom is 0.223 e. The Morgan fingerprint density at radius 2 is 2.26 bits per heavy atom. The number of hydrogen-bond donors (Lipinski definition) is 1. The Morgan fingerprint density at radius 1 is 1.47 bits per heavy atom. The van der Waals surface area contributed by atoms with Crippen LogP contribution in [0.5, 0.6) is 0 Å². The van der Waals surface area contributed by atoms with Gasteiger partial charge < -0.3 is 15.4 Å². The Hall–Kier alpha value is -1.40. The zero-order chi connectivity index (χ0) is 13.6. The van der Waals surface area contributed by atoms with Crippen LogP contribution in [0.2, 0.25) is 0 Å². The Bertz CT molecular complexity index is 612. The monoisotopic (exact) mass is 278 g/mol. The lowest BCUT2D eigenvalue weighted by molar-refractivity contribution is 0.118. The van der Waals surface area contributed by atoms with Crippen LogP contribution in [-0.4, -0.2) is 35.8 Å². The van der Waals surface area contributed by atoms with E-state index in [0.717, 1.165) is 29.1 Å². The minimum absolute atomic E-state index is 0.218. The lowest BCUT2D eigenvalue weighted by Crippen LogP contribution is -2.37. The number of likely N-dealkylation sites (N-methyl/N-ethyl adjacent to an activating group) is 1. The van der Waals surface area contributed by atoms with Crippen LogP contribution in [0.1, 0.15) is 18.2 Å². The van der Waals surface area contributed by atoms with Gasteiger partial charge in [0.05, 0.1) is 17.5 Å². The van der Waals surface area contributed by atoms with Crippen LogP contribution in [-0.2, 0) is 4.74 Å². The highest BCUT2D eigenvalue weighted by Gasteiger charge is 2.30. The molecule has 3 heterocycles. The molecule has 1 aliphatic rings. The molecule has 5 nitrogen and oxygen atoms in total. The number of thiophene rings is 1. The van der Waals surface area contributed by atoms with Crippen molar-refractivity contribution in [2.24, 2.45) is 0 Å². The number of ether oxygens (including phenoxy) is 1. The van der Waals surface area contributed by atoms with Crippen molar-refractivity contribution in [1.29, 1.82) is 0 Å². The largest absolute Gasteiger partial charge is 0.376 e. The van der Waals surface area contributed by atoms with Crippen LogP contribution in [0.15, 0.2) is 6.07 Å². The molecule has 0 saturated carbocycles. The van der Waals surface area contributed by atoms with Crippen molar-refractivity contribution in [2.75, 3.05) is 24.3 Å². The van der Waals surface area contributed by atoms with Crippen molar-refractivity contribution in [3.63, 3.8) is 0 Å². The number of hydrogen-bond acceptors (Lipinski definition) is 6. The maximum absolute atomic E-state index is 5.83. The molecule has 0 aromatic carbocycles. The van der Waals surface area contributed by atoms with Gasteiger partial charge in [0, 0.05) is 18.5 Å². The topological polar surface area (TPSA) is 64.3 Å². The maximum atomic E-state index is 5.83. The molecule has 2 unspecified atom stereocenters. The summed E-state index contributed by atoms with van der Waals surface area (Å²) in [6.45, 7) is 4.99. The van der Waals surface area contributed by atoms with Gasteiger partial charge in [0.25, 0.3) is 0 Å². The normalized spacial score (nSPS) is 23.1. The smallest absolute Gasteiger partial charge is 0.223 e. The van der Waals surface area contributed by atoms with Gasteiger partial charge in [-0.25, -0.2) is 4.98 Å². The lowest BCUT2D eigenvalue weighted by atomic mass is 10.1. The molecule has 2 atom stereocenters. The van der Waals surface area contributed by atoms with E-state index >= 15 is 0 Å². The first kappa shape index (κ1) is 12.6. The lowest BCUT2D eigenvalue weighted by Gasteiger charge is -2.28. The van der Waals surface area contributed by atoms with E-state index in [-0.39, 0.29) is 6.10 Å². The van der Waals surface area contributed by atoms with E-state index in [1.807, 2.05) is 0 Å². The van der Waals surface area contributed by atoms with E-state index in [1.54, 1.807) is 11.3 Å². The second-order valence-corrected chi connectivity index (χ2v) is 6.26. The van der Waals surface area contributed by atoms with Crippen LogP contribution in [0.3, 0.4) is 0 Å². The number of aromatic nitrogens is 2. The van der Waals surface area contributed by atoms with E-state index in [0.29, 0.717) is 12.0 Å². The highest BCUT2D eigenvalue weighted by Crippen LogP contribution is 2.33. The zero-order valence-corrected chi connectivity index (χ0v) is 12.2. The van der Waals surface area contributed by atoms with Gasteiger partial charge in [-0.05, 0) is 26.3 Å². The third-order valence-electron chi connectivity index (χ3n) is 3.68. The van der Waals surface area contributed by atoms with Gasteiger partial charge in [0.1, 0.15) is 10.6 Å². The van der Waals surface area contributed by atoms with E-state index < -0.39 is 0 Å². The van der Waals surface area contributed by atoms with E-state index in [9.17, 15) is 0 Å². The number of nitrogens with two attached hydrogens (primary N) is 1. The molecule has 0 radical (unpaired) electrons. The van der Waals surface area contributed by atoms with Crippen molar-refractivity contribution < 1.29 is 4.74 Å². The summed E-state index contributed by atoms with van der Waals surface area (Å²) in [5.41, 5.74) is 5.83. The van der Waals surface area contributed by atoms with Crippen molar-refractivity contribution in [3.05, 3.63) is 10.9 Å². The Labute approximate surface area is 116 Å². The SMILES string of the molecule is Cc1cc2c(N(C)C3CCOC3C)nc(N)nc2s1. The summed E-state index contributed by atoms with van der Waals surface area (Å²) in [7, 11) is 2.06. The van der Waals surface area contributed by atoms with Crippen molar-refractivity contribution in [3.8, 4) is 0 Å². The average Bonchev–Trinajstić information content (AvgIpc) is 2.92. The third-order valence-corrected chi connectivity index (χ3v) is 4.63. The van der Waals surface area contributed by atoms with Crippen LogP contribution in [0, 0.1) is 6.92 Å². The molecule has 2 aromatic heterocycles. The first-order chi connectivity index (χ1) is 9.06. The molecule has 0 spiro atoms. The average molecular weight is 278 g/mol. The summed E-state index contributed by atoms with van der Waals surface area (Å²) in [5.74, 6) is 1.25. The first-order valence-electron chi connectivity index (χ1n) is 6.44.